The van der Waals surface area contributed by atoms with Gasteiger partial charge < -0.3 is 15.5 Å². The van der Waals surface area contributed by atoms with E-state index in [1.54, 1.807) is 35.9 Å². The van der Waals surface area contributed by atoms with Gasteiger partial charge in [-0.3, -0.25) is 4.98 Å². The number of aromatic nitrogens is 5. The summed E-state index contributed by atoms with van der Waals surface area (Å²) in [5, 5.41) is 10.3. The molecular formula is C21H22F2N8. The summed E-state index contributed by atoms with van der Waals surface area (Å²) in [6.45, 7) is 0.298. The molecule has 2 N–H and O–H groups in total. The molecule has 0 unspecified atom stereocenters. The van der Waals surface area contributed by atoms with Crippen LogP contribution in [-0.4, -0.2) is 68.6 Å². The zero-order valence-electron chi connectivity index (χ0n) is 17.2. The van der Waals surface area contributed by atoms with Gasteiger partial charge in [-0.25, -0.2) is 18.3 Å². The maximum atomic E-state index is 14.5. The Bertz CT molecular complexity index is 1250. The normalized spacial score (nSPS) is 19.0. The Kier molecular flexibility index (Phi) is 4.66. The van der Waals surface area contributed by atoms with Crippen LogP contribution in [0.2, 0.25) is 0 Å². The maximum absolute atomic E-state index is 14.5. The van der Waals surface area contributed by atoms with Crippen LogP contribution in [0.5, 0.6) is 0 Å². The van der Waals surface area contributed by atoms with Crippen molar-refractivity contribution in [1.82, 2.24) is 29.5 Å². The van der Waals surface area contributed by atoms with Crippen LogP contribution in [-0.2, 0) is 0 Å². The number of halogens is 2. The molecule has 0 saturated carbocycles. The molecule has 8 nitrogen and oxygen atoms in total. The van der Waals surface area contributed by atoms with Crippen molar-refractivity contribution in [2.24, 2.45) is 0 Å². The van der Waals surface area contributed by atoms with E-state index in [4.69, 9.17) is 4.98 Å². The van der Waals surface area contributed by atoms with Gasteiger partial charge in [-0.05, 0) is 43.8 Å². The highest BCUT2D eigenvalue weighted by Gasteiger charge is 2.44. The van der Waals surface area contributed by atoms with Gasteiger partial charge in [-0.15, -0.1) is 5.10 Å². The fourth-order valence-corrected chi connectivity index (χ4v) is 4.02. The maximum Gasteiger partial charge on any atom is 0.280 e. The molecule has 31 heavy (non-hydrogen) atoms. The van der Waals surface area contributed by atoms with Gasteiger partial charge in [0.05, 0.1) is 29.3 Å². The summed E-state index contributed by atoms with van der Waals surface area (Å²) in [4.78, 5) is 15.1. The number of nitrogens with one attached hydrogen (secondary N) is 2. The first-order valence-electron chi connectivity index (χ1n) is 10.1. The van der Waals surface area contributed by atoms with E-state index in [-0.39, 0.29) is 12.5 Å². The SMILES string of the molecule is CNc1nc(N[C@@H]2CCN(C)CC2(F)F)nn2ccc(-c3ccc4ncccc4n3)c12. The number of hydrogen-bond acceptors (Lipinski definition) is 7. The van der Waals surface area contributed by atoms with Gasteiger partial charge in [0.25, 0.3) is 5.92 Å². The van der Waals surface area contributed by atoms with Gasteiger partial charge >= 0.3 is 0 Å². The van der Waals surface area contributed by atoms with Crippen LogP contribution in [0.4, 0.5) is 20.5 Å². The number of alkyl halides is 2. The van der Waals surface area contributed by atoms with Crippen molar-refractivity contribution in [2.45, 2.75) is 18.4 Å². The van der Waals surface area contributed by atoms with Crippen LogP contribution in [0.25, 0.3) is 27.8 Å². The largest absolute Gasteiger partial charge is 0.371 e. The fraction of sp³-hybridized carbons (Fsp3) is 0.333. The number of rotatable bonds is 4. The van der Waals surface area contributed by atoms with E-state index in [1.165, 1.54) is 0 Å². The van der Waals surface area contributed by atoms with E-state index in [1.807, 2.05) is 30.3 Å². The van der Waals surface area contributed by atoms with E-state index >= 15 is 0 Å². The third-order valence-corrected chi connectivity index (χ3v) is 5.57. The van der Waals surface area contributed by atoms with Gasteiger partial charge in [0.1, 0.15) is 5.52 Å². The van der Waals surface area contributed by atoms with E-state index in [0.29, 0.717) is 18.8 Å². The second-order valence-electron chi connectivity index (χ2n) is 7.78. The molecule has 0 bridgehead atoms. The number of hydrogen-bond donors (Lipinski definition) is 2. The summed E-state index contributed by atoms with van der Waals surface area (Å²) in [6, 6.07) is 8.44. The van der Waals surface area contributed by atoms with Crippen molar-refractivity contribution in [2.75, 3.05) is 37.8 Å². The zero-order valence-corrected chi connectivity index (χ0v) is 17.2. The van der Waals surface area contributed by atoms with Gasteiger partial charge in [-0.1, -0.05) is 0 Å². The van der Waals surface area contributed by atoms with Crippen molar-refractivity contribution < 1.29 is 8.78 Å². The Labute approximate surface area is 177 Å². The molecule has 1 aliphatic heterocycles. The molecule has 4 aromatic rings. The van der Waals surface area contributed by atoms with E-state index in [2.05, 4.69) is 25.7 Å². The topological polar surface area (TPSA) is 83.3 Å². The molecule has 5 heterocycles. The Morgan fingerprint density at radius 1 is 1.13 bits per heavy atom. The molecule has 0 aromatic carbocycles. The molecule has 1 fully saturated rings. The molecule has 0 amide bonds. The Hall–Kier alpha value is -3.40. The minimum atomic E-state index is -2.87. The van der Waals surface area contributed by atoms with Gasteiger partial charge in [0, 0.05) is 31.5 Å². The second-order valence-corrected chi connectivity index (χ2v) is 7.78. The second kappa shape index (κ2) is 7.38. The lowest BCUT2D eigenvalue weighted by Gasteiger charge is -2.36. The summed E-state index contributed by atoms with van der Waals surface area (Å²) in [5.74, 6) is -2.18. The quantitative estimate of drug-likeness (QED) is 0.521. The van der Waals surface area contributed by atoms with Crippen LogP contribution in [0.1, 0.15) is 6.42 Å². The Morgan fingerprint density at radius 3 is 2.81 bits per heavy atom. The summed E-state index contributed by atoms with van der Waals surface area (Å²) in [7, 11) is 3.44. The summed E-state index contributed by atoms with van der Waals surface area (Å²) < 4.78 is 30.6. The minimum Gasteiger partial charge on any atom is -0.371 e. The number of pyridine rings is 2. The third-order valence-electron chi connectivity index (χ3n) is 5.57. The molecule has 1 atom stereocenters. The molecule has 160 valence electrons. The monoisotopic (exact) mass is 424 g/mol. The van der Waals surface area contributed by atoms with E-state index in [9.17, 15) is 8.78 Å². The fourth-order valence-electron chi connectivity index (χ4n) is 4.02. The van der Waals surface area contributed by atoms with Crippen molar-refractivity contribution in [3.05, 3.63) is 42.7 Å². The lowest BCUT2D eigenvalue weighted by atomic mass is 10.0. The number of anilines is 2. The van der Waals surface area contributed by atoms with Crippen LogP contribution in [0, 0.1) is 0 Å². The highest BCUT2D eigenvalue weighted by molar-refractivity contribution is 5.89. The van der Waals surface area contributed by atoms with Crippen LogP contribution in [0.3, 0.4) is 0 Å². The standard InChI is InChI=1S/C21H22F2N8/c1-24-19-18-13(14-5-6-15-16(26-14)4-3-9-25-15)7-11-31(18)29-20(28-19)27-17-8-10-30(2)12-21(17,22)23/h3-7,9,11,17H,8,10,12H2,1-2H3,(H2,24,27,28,29)/t17-/m1/s1. The highest BCUT2D eigenvalue weighted by Crippen LogP contribution is 2.32. The molecule has 4 aromatic heterocycles. The van der Waals surface area contributed by atoms with Gasteiger partial charge in [0.15, 0.2) is 5.82 Å². The highest BCUT2D eigenvalue weighted by atomic mass is 19.3. The zero-order chi connectivity index (χ0) is 21.6. The van der Waals surface area contributed by atoms with Crippen molar-refractivity contribution >= 4 is 28.3 Å². The van der Waals surface area contributed by atoms with Crippen LogP contribution >= 0.6 is 0 Å². The predicted molar refractivity (Wildman–Crippen MR) is 116 cm³/mol. The molecule has 1 aliphatic rings. The lowest BCUT2D eigenvalue weighted by Crippen LogP contribution is -2.53. The van der Waals surface area contributed by atoms with Crippen LogP contribution < -0.4 is 10.6 Å². The van der Waals surface area contributed by atoms with Gasteiger partial charge in [-0.2, -0.15) is 4.98 Å². The summed E-state index contributed by atoms with van der Waals surface area (Å²) in [5.41, 5.74) is 3.91. The summed E-state index contributed by atoms with van der Waals surface area (Å²) in [6.07, 6.45) is 3.82. The average molecular weight is 424 g/mol. The molecule has 1 saturated heterocycles. The van der Waals surface area contributed by atoms with Gasteiger partial charge in [0.2, 0.25) is 5.95 Å². The molecule has 0 spiro atoms. The molecule has 10 heteroatoms. The molecule has 0 radical (unpaired) electrons. The Balaban J connectivity index is 1.53. The molecule has 0 aliphatic carbocycles. The number of piperidine rings is 1. The Morgan fingerprint density at radius 2 is 2.00 bits per heavy atom. The van der Waals surface area contributed by atoms with E-state index in [0.717, 1.165) is 27.8 Å². The lowest BCUT2D eigenvalue weighted by molar-refractivity contribution is -0.0675. The number of nitrogens with zero attached hydrogens (tertiary/aromatic N) is 6. The third kappa shape index (κ3) is 3.52. The number of likely N-dealkylation sites (tertiary alicyclic amines) is 1. The molecule has 5 rings (SSSR count). The smallest absolute Gasteiger partial charge is 0.280 e. The van der Waals surface area contributed by atoms with Crippen molar-refractivity contribution in [3.8, 4) is 11.3 Å². The first kappa shape index (κ1) is 19.6. The minimum absolute atomic E-state index is 0.156. The van der Waals surface area contributed by atoms with E-state index < -0.39 is 12.0 Å². The van der Waals surface area contributed by atoms with Crippen LogP contribution in [0.15, 0.2) is 42.7 Å². The first-order valence-corrected chi connectivity index (χ1v) is 10.1. The summed E-state index contributed by atoms with van der Waals surface area (Å²) >= 11 is 0. The number of fused-ring (bicyclic) bond motifs is 2. The predicted octanol–water partition coefficient (Wildman–Crippen LogP) is 3.13. The average Bonchev–Trinajstić information content (AvgIpc) is 3.18. The van der Waals surface area contributed by atoms with Crippen molar-refractivity contribution in [1.29, 1.82) is 0 Å². The first-order chi connectivity index (χ1) is 14.9. The van der Waals surface area contributed by atoms with Crippen molar-refractivity contribution in [3.63, 3.8) is 0 Å². The molecular weight excluding hydrogens is 402 g/mol.